The zero-order valence-electron chi connectivity index (χ0n) is 9.98. The fourth-order valence-corrected chi connectivity index (χ4v) is 1.60. The van der Waals surface area contributed by atoms with Gasteiger partial charge in [0.1, 0.15) is 12.3 Å². The fourth-order valence-electron chi connectivity index (χ4n) is 1.60. The number of carbonyl (C=O) groups excluding carboxylic acids is 1. The smallest absolute Gasteiger partial charge is 0.410 e. The molecule has 0 atom stereocenters. The van der Waals surface area contributed by atoms with Crippen LogP contribution in [0, 0.1) is 21.4 Å². The number of nitrogens with zero attached hydrogens (tertiary/aromatic N) is 3. The molecule has 1 aromatic carbocycles. The van der Waals surface area contributed by atoms with Gasteiger partial charge in [0.2, 0.25) is 0 Å². The molecule has 0 unspecified atom stereocenters. The second kappa shape index (κ2) is 5.35. The van der Waals surface area contributed by atoms with Gasteiger partial charge in [-0.25, -0.2) is 4.79 Å². The van der Waals surface area contributed by atoms with E-state index in [-0.39, 0.29) is 24.0 Å². The van der Waals surface area contributed by atoms with E-state index < -0.39 is 11.0 Å². The number of non-ortho nitro benzene ring substituents is 1. The summed E-state index contributed by atoms with van der Waals surface area (Å²) in [5.41, 5.74) is -0.0733. The third kappa shape index (κ3) is 3.19. The van der Waals surface area contributed by atoms with Crippen LogP contribution in [0.15, 0.2) is 24.3 Å². The first-order valence-electron chi connectivity index (χ1n) is 5.71. The van der Waals surface area contributed by atoms with Crippen molar-refractivity contribution >= 4 is 11.8 Å². The number of nitro benzene ring substituents is 1. The maximum atomic E-state index is 11.8. The predicted octanol–water partition coefficient (Wildman–Crippen LogP) is 2.08. The van der Waals surface area contributed by atoms with Crippen molar-refractivity contribution < 1.29 is 14.5 Å². The highest BCUT2D eigenvalue weighted by atomic mass is 16.6. The zero-order chi connectivity index (χ0) is 13.8. The summed E-state index contributed by atoms with van der Waals surface area (Å²) < 4.78 is 5.08. The number of nitro groups is 1. The minimum atomic E-state index is -0.599. The molecule has 0 aliphatic heterocycles. The second-order valence-electron chi connectivity index (χ2n) is 4.14. The maximum absolute atomic E-state index is 11.8. The van der Waals surface area contributed by atoms with E-state index in [0.717, 1.165) is 12.8 Å². The number of carbonyl (C=O) groups is 1. The van der Waals surface area contributed by atoms with Gasteiger partial charge in [-0.3, -0.25) is 15.0 Å². The van der Waals surface area contributed by atoms with Crippen LogP contribution in [-0.2, 0) is 0 Å². The molecule has 0 N–H and O–H groups in total. The van der Waals surface area contributed by atoms with Crippen LogP contribution in [0.2, 0.25) is 0 Å². The Morgan fingerprint density at radius 3 is 2.58 bits per heavy atom. The van der Waals surface area contributed by atoms with Crippen LogP contribution < -0.4 is 4.74 Å². The van der Waals surface area contributed by atoms with Crippen LogP contribution in [0.3, 0.4) is 0 Å². The number of rotatable bonds is 4. The minimum absolute atomic E-state index is 0.0174. The SMILES string of the molecule is N#CCN(C(=O)Oc1ccc([N+](=O)[O-])cc1)C1CC1. The van der Waals surface area contributed by atoms with Gasteiger partial charge in [-0.05, 0) is 25.0 Å². The predicted molar refractivity (Wildman–Crippen MR) is 64.5 cm³/mol. The van der Waals surface area contributed by atoms with Crippen molar-refractivity contribution in [2.45, 2.75) is 18.9 Å². The standard InChI is InChI=1S/C12H11N3O4/c13-7-8-14(9-1-2-9)12(16)19-11-5-3-10(4-6-11)15(17)18/h3-6,9H,1-2,8H2. The van der Waals surface area contributed by atoms with Gasteiger partial charge in [-0.2, -0.15) is 5.26 Å². The highest BCUT2D eigenvalue weighted by Crippen LogP contribution is 2.27. The lowest BCUT2D eigenvalue weighted by Gasteiger charge is -2.17. The van der Waals surface area contributed by atoms with Crippen LogP contribution in [-0.4, -0.2) is 28.5 Å². The number of nitriles is 1. The normalized spacial score (nSPS) is 13.4. The number of ether oxygens (including phenoxy) is 1. The molecule has 0 heterocycles. The van der Waals surface area contributed by atoms with Gasteiger partial charge in [0, 0.05) is 18.2 Å². The lowest BCUT2D eigenvalue weighted by molar-refractivity contribution is -0.384. The lowest BCUT2D eigenvalue weighted by Crippen LogP contribution is -2.35. The van der Waals surface area contributed by atoms with Crippen molar-refractivity contribution in [2.24, 2.45) is 0 Å². The van der Waals surface area contributed by atoms with Crippen molar-refractivity contribution in [3.8, 4) is 11.8 Å². The summed E-state index contributed by atoms with van der Waals surface area (Å²) in [6.45, 7) is -0.0174. The Hall–Kier alpha value is -2.62. The largest absolute Gasteiger partial charge is 0.416 e. The summed E-state index contributed by atoms with van der Waals surface area (Å²) in [7, 11) is 0. The minimum Gasteiger partial charge on any atom is -0.410 e. The van der Waals surface area contributed by atoms with Gasteiger partial charge in [0.25, 0.3) is 5.69 Å². The Morgan fingerprint density at radius 2 is 2.11 bits per heavy atom. The molecule has 1 aliphatic carbocycles. The molecule has 1 saturated carbocycles. The van der Waals surface area contributed by atoms with Crippen LogP contribution in [0.5, 0.6) is 5.75 Å². The summed E-state index contributed by atoms with van der Waals surface area (Å²) >= 11 is 0. The molecule has 98 valence electrons. The van der Waals surface area contributed by atoms with Gasteiger partial charge in [-0.15, -0.1) is 0 Å². The molecule has 1 fully saturated rings. The van der Waals surface area contributed by atoms with Gasteiger partial charge < -0.3 is 4.74 Å². The maximum Gasteiger partial charge on any atom is 0.416 e. The first kappa shape index (κ1) is 12.8. The fraction of sp³-hybridized carbons (Fsp3) is 0.333. The Bertz CT molecular complexity index is 531. The zero-order valence-corrected chi connectivity index (χ0v) is 9.98. The number of hydrogen-bond donors (Lipinski definition) is 0. The lowest BCUT2D eigenvalue weighted by atomic mass is 10.3. The van der Waals surface area contributed by atoms with Gasteiger partial charge in [0.05, 0.1) is 11.0 Å². The molecule has 0 spiro atoms. The molecule has 0 saturated heterocycles. The molecule has 7 heteroatoms. The Kier molecular flexibility index (Phi) is 3.61. The monoisotopic (exact) mass is 261 g/mol. The molecule has 19 heavy (non-hydrogen) atoms. The number of hydrogen-bond acceptors (Lipinski definition) is 5. The van der Waals surface area contributed by atoms with Crippen LogP contribution in [0.1, 0.15) is 12.8 Å². The van der Waals surface area contributed by atoms with Gasteiger partial charge in [0.15, 0.2) is 0 Å². The van der Waals surface area contributed by atoms with E-state index in [9.17, 15) is 14.9 Å². The Balaban J connectivity index is 2.01. The Morgan fingerprint density at radius 1 is 1.47 bits per heavy atom. The molecular formula is C12H11N3O4. The molecular weight excluding hydrogens is 250 g/mol. The third-order valence-corrected chi connectivity index (χ3v) is 2.72. The topological polar surface area (TPSA) is 96.5 Å². The summed E-state index contributed by atoms with van der Waals surface area (Å²) in [6.07, 6.45) is 1.14. The summed E-state index contributed by atoms with van der Waals surface area (Å²) in [6, 6.07) is 7.22. The molecule has 1 aromatic rings. The second-order valence-corrected chi connectivity index (χ2v) is 4.14. The van der Waals surface area contributed by atoms with Crippen molar-refractivity contribution in [3.63, 3.8) is 0 Å². The highest BCUT2D eigenvalue weighted by molar-refractivity contribution is 5.71. The quantitative estimate of drug-likeness (QED) is 0.469. The van der Waals surface area contributed by atoms with E-state index in [1.807, 2.05) is 6.07 Å². The van der Waals surface area contributed by atoms with E-state index in [1.165, 1.54) is 29.2 Å². The highest BCUT2D eigenvalue weighted by Gasteiger charge is 2.33. The van der Waals surface area contributed by atoms with Crippen LogP contribution in [0.25, 0.3) is 0 Å². The molecule has 7 nitrogen and oxygen atoms in total. The summed E-state index contributed by atoms with van der Waals surface area (Å²) in [5, 5.41) is 19.1. The molecule has 0 aromatic heterocycles. The first-order valence-corrected chi connectivity index (χ1v) is 5.71. The third-order valence-electron chi connectivity index (χ3n) is 2.72. The molecule has 0 radical (unpaired) electrons. The van der Waals surface area contributed by atoms with Gasteiger partial charge in [-0.1, -0.05) is 0 Å². The molecule has 1 aliphatic rings. The molecule has 2 rings (SSSR count). The summed E-state index contributed by atoms with van der Waals surface area (Å²) in [5.74, 6) is 0.221. The average molecular weight is 261 g/mol. The van der Waals surface area contributed by atoms with Crippen molar-refractivity contribution in [3.05, 3.63) is 34.4 Å². The first-order chi connectivity index (χ1) is 9.11. The average Bonchev–Trinajstić information content (AvgIpc) is 3.20. The number of benzene rings is 1. The van der Waals surface area contributed by atoms with Gasteiger partial charge >= 0.3 is 6.09 Å². The van der Waals surface area contributed by atoms with E-state index in [4.69, 9.17) is 10.00 Å². The van der Waals surface area contributed by atoms with Crippen molar-refractivity contribution in [1.82, 2.24) is 4.90 Å². The number of amides is 1. The molecule has 0 bridgehead atoms. The van der Waals surface area contributed by atoms with E-state index in [1.54, 1.807) is 0 Å². The van der Waals surface area contributed by atoms with E-state index in [0.29, 0.717) is 0 Å². The summed E-state index contributed by atoms with van der Waals surface area (Å²) in [4.78, 5) is 23.1. The van der Waals surface area contributed by atoms with Crippen molar-refractivity contribution in [1.29, 1.82) is 5.26 Å². The Labute approximate surface area is 109 Å². The molecule has 1 amide bonds. The van der Waals surface area contributed by atoms with Crippen LogP contribution in [0.4, 0.5) is 10.5 Å². The van der Waals surface area contributed by atoms with E-state index >= 15 is 0 Å². The van der Waals surface area contributed by atoms with Crippen molar-refractivity contribution in [2.75, 3.05) is 6.54 Å². The van der Waals surface area contributed by atoms with Crippen LogP contribution >= 0.6 is 0 Å². The van der Waals surface area contributed by atoms with E-state index in [2.05, 4.69) is 0 Å².